The van der Waals surface area contributed by atoms with Crippen molar-refractivity contribution in [3.8, 4) is 5.69 Å². The SMILES string of the molecule is Cc1c(/C=N/c2ccc(I)o2)c(=O)n(-c2ccccc2)n1C. The molecule has 0 saturated heterocycles. The Labute approximate surface area is 141 Å². The van der Waals surface area contributed by atoms with Crippen molar-refractivity contribution in [2.45, 2.75) is 6.92 Å². The van der Waals surface area contributed by atoms with Gasteiger partial charge in [0, 0.05) is 25.0 Å². The molecule has 0 atom stereocenters. The fourth-order valence-electron chi connectivity index (χ4n) is 2.24. The summed E-state index contributed by atoms with van der Waals surface area (Å²) in [6.07, 6.45) is 1.56. The molecule has 0 unspecified atom stereocenters. The fourth-order valence-corrected chi connectivity index (χ4v) is 2.65. The van der Waals surface area contributed by atoms with Gasteiger partial charge in [-0.25, -0.2) is 9.67 Å². The highest BCUT2D eigenvalue weighted by atomic mass is 127. The number of halogens is 1. The molecule has 0 amide bonds. The van der Waals surface area contributed by atoms with E-state index in [9.17, 15) is 4.79 Å². The first kappa shape index (κ1) is 14.8. The first-order valence-electron chi connectivity index (χ1n) is 6.71. The lowest BCUT2D eigenvalue weighted by Gasteiger charge is -2.07. The van der Waals surface area contributed by atoms with E-state index in [4.69, 9.17) is 4.42 Å². The second-order valence-electron chi connectivity index (χ2n) is 4.81. The summed E-state index contributed by atoms with van der Waals surface area (Å²) in [6, 6.07) is 13.1. The lowest BCUT2D eigenvalue weighted by atomic mass is 10.3. The molecule has 0 aliphatic heterocycles. The van der Waals surface area contributed by atoms with E-state index in [-0.39, 0.29) is 5.56 Å². The number of hydrogen-bond donors (Lipinski definition) is 0. The van der Waals surface area contributed by atoms with Crippen LogP contribution in [0.25, 0.3) is 5.69 Å². The van der Waals surface area contributed by atoms with E-state index in [1.165, 1.54) is 0 Å². The molecule has 0 N–H and O–H groups in total. The highest BCUT2D eigenvalue weighted by Gasteiger charge is 2.14. The van der Waals surface area contributed by atoms with Crippen molar-refractivity contribution in [3.05, 3.63) is 67.8 Å². The second kappa shape index (κ2) is 5.96. The van der Waals surface area contributed by atoms with Crippen LogP contribution in [-0.4, -0.2) is 15.6 Å². The van der Waals surface area contributed by atoms with Gasteiger partial charge in [0.2, 0.25) is 5.88 Å². The van der Waals surface area contributed by atoms with E-state index in [0.29, 0.717) is 11.4 Å². The zero-order chi connectivity index (χ0) is 15.7. The largest absolute Gasteiger partial charge is 0.433 e. The molecular formula is C16H14IN3O2. The monoisotopic (exact) mass is 407 g/mol. The number of benzene rings is 1. The second-order valence-corrected chi connectivity index (χ2v) is 5.87. The summed E-state index contributed by atoms with van der Waals surface area (Å²) in [4.78, 5) is 16.9. The van der Waals surface area contributed by atoms with Crippen LogP contribution in [-0.2, 0) is 7.05 Å². The lowest BCUT2D eigenvalue weighted by Crippen LogP contribution is -2.20. The molecule has 2 aromatic heterocycles. The highest BCUT2D eigenvalue weighted by molar-refractivity contribution is 14.1. The van der Waals surface area contributed by atoms with Gasteiger partial charge in [0.25, 0.3) is 5.56 Å². The standard InChI is InChI=1S/C16H14IN3O2/c1-11-13(10-18-15-9-8-14(17)22-15)16(21)20(19(11)2)12-6-4-3-5-7-12/h3-10H,1-2H3/b18-10+. The number of hydrogen-bond acceptors (Lipinski definition) is 3. The summed E-state index contributed by atoms with van der Waals surface area (Å²) in [6.45, 7) is 1.90. The fraction of sp³-hybridized carbons (Fsp3) is 0.125. The van der Waals surface area contributed by atoms with E-state index < -0.39 is 0 Å². The van der Waals surface area contributed by atoms with Gasteiger partial charge in [0.1, 0.15) is 0 Å². The van der Waals surface area contributed by atoms with E-state index in [0.717, 1.165) is 15.1 Å². The Kier molecular flexibility index (Phi) is 4.02. The Bertz CT molecular complexity index is 888. The van der Waals surface area contributed by atoms with Crippen LogP contribution in [0.1, 0.15) is 11.3 Å². The van der Waals surface area contributed by atoms with Crippen LogP contribution in [0.5, 0.6) is 0 Å². The van der Waals surface area contributed by atoms with Crippen molar-refractivity contribution in [2.75, 3.05) is 0 Å². The normalized spacial score (nSPS) is 11.4. The molecule has 0 spiro atoms. The molecule has 22 heavy (non-hydrogen) atoms. The number of para-hydroxylation sites is 1. The van der Waals surface area contributed by atoms with Gasteiger partial charge < -0.3 is 4.42 Å². The summed E-state index contributed by atoms with van der Waals surface area (Å²) in [7, 11) is 1.86. The molecule has 0 radical (unpaired) electrons. The van der Waals surface area contributed by atoms with E-state index >= 15 is 0 Å². The Balaban J connectivity index is 2.07. The number of aliphatic imine (C=N–C) groups is 1. The van der Waals surface area contributed by atoms with E-state index in [1.54, 1.807) is 17.0 Å². The quantitative estimate of drug-likeness (QED) is 0.494. The van der Waals surface area contributed by atoms with Crippen molar-refractivity contribution < 1.29 is 4.42 Å². The predicted octanol–water partition coefficient (Wildman–Crippen LogP) is 3.43. The zero-order valence-corrected chi connectivity index (χ0v) is 14.3. The maximum absolute atomic E-state index is 12.7. The Morgan fingerprint density at radius 1 is 1.18 bits per heavy atom. The maximum Gasteiger partial charge on any atom is 0.280 e. The van der Waals surface area contributed by atoms with Crippen LogP contribution in [0.4, 0.5) is 5.88 Å². The third-order valence-corrected chi connectivity index (χ3v) is 4.06. The minimum Gasteiger partial charge on any atom is -0.433 e. The molecule has 0 aliphatic carbocycles. The third-order valence-electron chi connectivity index (χ3n) is 3.48. The Hall–Kier alpha value is -2.09. The van der Waals surface area contributed by atoms with Crippen LogP contribution < -0.4 is 5.56 Å². The van der Waals surface area contributed by atoms with Gasteiger partial charge in [0.05, 0.1) is 11.3 Å². The Morgan fingerprint density at radius 2 is 1.91 bits per heavy atom. The summed E-state index contributed by atoms with van der Waals surface area (Å²) >= 11 is 2.08. The minimum atomic E-state index is -0.101. The molecular weight excluding hydrogens is 393 g/mol. The molecule has 1 aromatic carbocycles. The topological polar surface area (TPSA) is 52.4 Å². The zero-order valence-electron chi connectivity index (χ0n) is 12.2. The molecule has 0 aliphatic rings. The minimum absolute atomic E-state index is 0.101. The predicted molar refractivity (Wildman–Crippen MR) is 94.4 cm³/mol. The van der Waals surface area contributed by atoms with E-state index in [1.807, 2.05) is 55.1 Å². The van der Waals surface area contributed by atoms with Crippen molar-refractivity contribution in [3.63, 3.8) is 0 Å². The molecule has 6 heteroatoms. The summed E-state index contributed by atoms with van der Waals surface area (Å²) in [5.41, 5.74) is 2.12. The smallest absolute Gasteiger partial charge is 0.280 e. The van der Waals surface area contributed by atoms with Gasteiger partial charge in [-0.15, -0.1) is 0 Å². The van der Waals surface area contributed by atoms with Crippen LogP contribution in [0.15, 0.2) is 56.7 Å². The van der Waals surface area contributed by atoms with E-state index in [2.05, 4.69) is 27.6 Å². The molecule has 0 fully saturated rings. The van der Waals surface area contributed by atoms with Crippen molar-refractivity contribution in [1.29, 1.82) is 0 Å². The van der Waals surface area contributed by atoms with Gasteiger partial charge in [-0.2, -0.15) is 0 Å². The maximum atomic E-state index is 12.7. The van der Waals surface area contributed by atoms with Crippen LogP contribution in [0.3, 0.4) is 0 Å². The average Bonchev–Trinajstić information content (AvgIpc) is 3.02. The highest BCUT2D eigenvalue weighted by Crippen LogP contribution is 2.18. The number of aromatic nitrogens is 2. The van der Waals surface area contributed by atoms with Crippen molar-refractivity contribution in [2.24, 2.45) is 12.0 Å². The molecule has 2 heterocycles. The average molecular weight is 407 g/mol. The van der Waals surface area contributed by atoms with Crippen LogP contribution in [0.2, 0.25) is 0 Å². The van der Waals surface area contributed by atoms with Gasteiger partial charge in [0.15, 0.2) is 3.77 Å². The molecule has 5 nitrogen and oxygen atoms in total. The third kappa shape index (κ3) is 2.66. The summed E-state index contributed by atoms with van der Waals surface area (Å²) < 4.78 is 9.59. The molecule has 3 rings (SSSR count). The van der Waals surface area contributed by atoms with Gasteiger partial charge in [-0.1, -0.05) is 18.2 Å². The van der Waals surface area contributed by atoms with Crippen LogP contribution >= 0.6 is 22.6 Å². The van der Waals surface area contributed by atoms with Crippen molar-refractivity contribution in [1.82, 2.24) is 9.36 Å². The lowest BCUT2D eigenvalue weighted by molar-refractivity contribution is 0.549. The van der Waals surface area contributed by atoms with Gasteiger partial charge in [-0.3, -0.25) is 9.48 Å². The first-order chi connectivity index (χ1) is 10.6. The number of furan rings is 1. The summed E-state index contributed by atoms with van der Waals surface area (Å²) in [5, 5.41) is 0. The molecule has 0 saturated carbocycles. The molecule has 0 bridgehead atoms. The number of rotatable bonds is 3. The van der Waals surface area contributed by atoms with Crippen LogP contribution in [0, 0.1) is 10.7 Å². The first-order valence-corrected chi connectivity index (χ1v) is 7.79. The molecule has 112 valence electrons. The number of nitrogens with zero attached hydrogens (tertiary/aromatic N) is 3. The van der Waals surface area contributed by atoms with Gasteiger partial charge >= 0.3 is 0 Å². The molecule has 3 aromatic rings. The Morgan fingerprint density at radius 3 is 2.55 bits per heavy atom. The van der Waals surface area contributed by atoms with Gasteiger partial charge in [-0.05, 0) is 47.7 Å². The summed E-state index contributed by atoms with van der Waals surface area (Å²) in [5.74, 6) is 0.485. The van der Waals surface area contributed by atoms with Crippen molar-refractivity contribution >= 4 is 34.7 Å².